The van der Waals surface area contributed by atoms with Gasteiger partial charge in [0.25, 0.3) is 0 Å². The van der Waals surface area contributed by atoms with Gasteiger partial charge in [0, 0.05) is 44.6 Å². The van der Waals surface area contributed by atoms with Crippen LogP contribution in [0.15, 0.2) is 36.7 Å². The number of aromatic nitrogens is 2. The lowest BCUT2D eigenvalue weighted by Crippen LogP contribution is -2.47. The molecule has 0 radical (unpaired) electrons. The largest absolute Gasteiger partial charge is 0.497 e. The van der Waals surface area contributed by atoms with E-state index in [1.807, 2.05) is 24.3 Å². The van der Waals surface area contributed by atoms with E-state index >= 15 is 0 Å². The lowest BCUT2D eigenvalue weighted by molar-refractivity contribution is 0.414. The van der Waals surface area contributed by atoms with Crippen LogP contribution in [-0.4, -0.2) is 43.3 Å². The van der Waals surface area contributed by atoms with Gasteiger partial charge in [0.2, 0.25) is 0 Å². The van der Waals surface area contributed by atoms with Crippen LogP contribution in [0.3, 0.4) is 0 Å². The SMILES string of the molecule is COc1ccnc(N2CCN(c3cccnc3C#N)CC2)c1. The molecule has 2 aromatic heterocycles. The molecule has 0 amide bonds. The van der Waals surface area contributed by atoms with Crippen molar-refractivity contribution in [3.8, 4) is 11.8 Å². The predicted molar refractivity (Wildman–Crippen MR) is 84.2 cm³/mol. The third kappa shape index (κ3) is 2.79. The van der Waals surface area contributed by atoms with Crippen molar-refractivity contribution in [1.29, 1.82) is 5.26 Å². The fraction of sp³-hybridized carbons (Fsp3) is 0.312. The summed E-state index contributed by atoms with van der Waals surface area (Å²) in [7, 11) is 1.66. The molecule has 0 spiro atoms. The average molecular weight is 295 g/mol. The molecular weight excluding hydrogens is 278 g/mol. The molecule has 3 heterocycles. The Labute approximate surface area is 129 Å². The molecule has 22 heavy (non-hydrogen) atoms. The maximum atomic E-state index is 9.16. The Morgan fingerprint density at radius 3 is 2.59 bits per heavy atom. The topological polar surface area (TPSA) is 65.3 Å². The molecule has 112 valence electrons. The first kappa shape index (κ1) is 14.1. The van der Waals surface area contributed by atoms with Gasteiger partial charge < -0.3 is 14.5 Å². The lowest BCUT2D eigenvalue weighted by Gasteiger charge is -2.36. The predicted octanol–water partition coefficient (Wildman–Crippen LogP) is 1.68. The summed E-state index contributed by atoms with van der Waals surface area (Å²) in [4.78, 5) is 13.0. The van der Waals surface area contributed by atoms with Crippen molar-refractivity contribution in [2.45, 2.75) is 0 Å². The second-order valence-electron chi connectivity index (χ2n) is 5.01. The monoisotopic (exact) mass is 295 g/mol. The number of nitriles is 1. The molecule has 0 atom stereocenters. The van der Waals surface area contributed by atoms with Crippen molar-refractivity contribution in [1.82, 2.24) is 9.97 Å². The number of hydrogen-bond donors (Lipinski definition) is 0. The zero-order valence-electron chi connectivity index (χ0n) is 12.4. The highest BCUT2D eigenvalue weighted by Crippen LogP contribution is 2.23. The van der Waals surface area contributed by atoms with E-state index < -0.39 is 0 Å². The molecule has 6 nitrogen and oxygen atoms in total. The minimum atomic E-state index is 0.482. The van der Waals surface area contributed by atoms with Crippen LogP contribution in [0, 0.1) is 11.3 Å². The van der Waals surface area contributed by atoms with Crippen LogP contribution in [0.5, 0.6) is 5.75 Å². The molecule has 0 unspecified atom stereocenters. The van der Waals surface area contributed by atoms with E-state index in [9.17, 15) is 0 Å². The summed E-state index contributed by atoms with van der Waals surface area (Å²) in [6.07, 6.45) is 3.41. The minimum absolute atomic E-state index is 0.482. The molecule has 3 rings (SSSR count). The van der Waals surface area contributed by atoms with Crippen LogP contribution in [-0.2, 0) is 0 Å². The number of hydrogen-bond acceptors (Lipinski definition) is 6. The van der Waals surface area contributed by atoms with E-state index in [2.05, 4.69) is 25.8 Å². The minimum Gasteiger partial charge on any atom is -0.497 e. The van der Waals surface area contributed by atoms with Crippen molar-refractivity contribution >= 4 is 11.5 Å². The summed E-state index contributed by atoms with van der Waals surface area (Å²) in [5, 5.41) is 9.16. The highest BCUT2D eigenvalue weighted by Gasteiger charge is 2.20. The Morgan fingerprint density at radius 2 is 1.86 bits per heavy atom. The van der Waals surface area contributed by atoms with Gasteiger partial charge in [-0.2, -0.15) is 5.26 Å². The van der Waals surface area contributed by atoms with Crippen LogP contribution in [0.25, 0.3) is 0 Å². The second kappa shape index (κ2) is 6.31. The second-order valence-corrected chi connectivity index (χ2v) is 5.01. The average Bonchev–Trinajstić information content (AvgIpc) is 2.62. The summed E-state index contributed by atoms with van der Waals surface area (Å²) in [6.45, 7) is 3.36. The Balaban J connectivity index is 1.71. The highest BCUT2D eigenvalue weighted by molar-refractivity contribution is 5.57. The van der Waals surface area contributed by atoms with Crippen molar-refractivity contribution in [3.05, 3.63) is 42.4 Å². The van der Waals surface area contributed by atoms with Crippen LogP contribution < -0.4 is 14.5 Å². The van der Waals surface area contributed by atoms with Crippen LogP contribution >= 0.6 is 0 Å². The summed E-state index contributed by atoms with van der Waals surface area (Å²) in [6, 6.07) is 9.76. The summed E-state index contributed by atoms with van der Waals surface area (Å²) < 4.78 is 5.24. The molecular formula is C16H17N5O. The highest BCUT2D eigenvalue weighted by atomic mass is 16.5. The van der Waals surface area contributed by atoms with Crippen LogP contribution in [0.1, 0.15) is 5.69 Å². The smallest absolute Gasteiger partial charge is 0.163 e. The summed E-state index contributed by atoms with van der Waals surface area (Å²) in [5.41, 5.74) is 1.39. The van der Waals surface area contributed by atoms with E-state index in [4.69, 9.17) is 10.00 Å². The van der Waals surface area contributed by atoms with Gasteiger partial charge in [0.1, 0.15) is 17.6 Å². The lowest BCUT2D eigenvalue weighted by atomic mass is 10.2. The van der Waals surface area contributed by atoms with Crippen LogP contribution in [0.4, 0.5) is 11.5 Å². The number of pyridine rings is 2. The number of ether oxygens (including phenoxy) is 1. The molecule has 1 aliphatic heterocycles. The molecule has 0 saturated carbocycles. The molecule has 0 aromatic carbocycles. The Hall–Kier alpha value is -2.81. The van der Waals surface area contributed by atoms with E-state index in [0.29, 0.717) is 5.69 Å². The van der Waals surface area contributed by atoms with Crippen molar-refractivity contribution in [3.63, 3.8) is 0 Å². The third-order valence-corrected chi connectivity index (χ3v) is 3.79. The van der Waals surface area contributed by atoms with Gasteiger partial charge in [-0.1, -0.05) is 0 Å². The van der Waals surface area contributed by atoms with Crippen molar-refractivity contribution in [2.75, 3.05) is 43.1 Å². The molecule has 6 heteroatoms. The molecule has 1 fully saturated rings. The maximum Gasteiger partial charge on any atom is 0.163 e. The van der Waals surface area contributed by atoms with E-state index in [1.165, 1.54) is 0 Å². The fourth-order valence-electron chi connectivity index (χ4n) is 2.61. The number of rotatable bonds is 3. The molecule has 2 aromatic rings. The van der Waals surface area contributed by atoms with Gasteiger partial charge >= 0.3 is 0 Å². The molecule has 1 saturated heterocycles. The van der Waals surface area contributed by atoms with Crippen molar-refractivity contribution in [2.24, 2.45) is 0 Å². The van der Waals surface area contributed by atoms with Gasteiger partial charge in [-0.05, 0) is 18.2 Å². The number of nitrogens with zero attached hydrogens (tertiary/aromatic N) is 5. The van der Waals surface area contributed by atoms with Gasteiger partial charge in [0.05, 0.1) is 12.8 Å². The normalized spacial score (nSPS) is 14.5. The third-order valence-electron chi connectivity index (χ3n) is 3.79. The number of piperazine rings is 1. The molecule has 0 N–H and O–H groups in total. The molecule has 0 aliphatic carbocycles. The number of anilines is 2. The van der Waals surface area contributed by atoms with Gasteiger partial charge in [-0.3, -0.25) is 0 Å². The van der Waals surface area contributed by atoms with E-state index in [0.717, 1.165) is 43.4 Å². The summed E-state index contributed by atoms with van der Waals surface area (Å²) >= 11 is 0. The summed E-state index contributed by atoms with van der Waals surface area (Å²) in [5.74, 6) is 1.73. The van der Waals surface area contributed by atoms with Gasteiger partial charge in [-0.15, -0.1) is 0 Å². The maximum absolute atomic E-state index is 9.16. The van der Waals surface area contributed by atoms with Gasteiger partial charge in [-0.25, -0.2) is 9.97 Å². The standard InChI is InChI=1S/C16H17N5O/c1-22-13-4-6-19-16(11-13)21-9-7-20(8-10-21)15-3-2-5-18-14(15)12-17/h2-6,11H,7-10H2,1H3. The Morgan fingerprint density at radius 1 is 1.09 bits per heavy atom. The molecule has 1 aliphatic rings. The fourth-order valence-corrected chi connectivity index (χ4v) is 2.61. The van der Waals surface area contributed by atoms with E-state index in [1.54, 1.807) is 19.5 Å². The number of methoxy groups -OCH3 is 1. The first-order valence-corrected chi connectivity index (χ1v) is 7.17. The van der Waals surface area contributed by atoms with Gasteiger partial charge in [0.15, 0.2) is 5.69 Å². The first-order valence-electron chi connectivity index (χ1n) is 7.17. The van der Waals surface area contributed by atoms with Crippen LogP contribution in [0.2, 0.25) is 0 Å². The first-order chi connectivity index (χ1) is 10.8. The Bertz CT molecular complexity index is 689. The molecule has 0 bridgehead atoms. The quantitative estimate of drug-likeness (QED) is 0.858. The van der Waals surface area contributed by atoms with Crippen molar-refractivity contribution < 1.29 is 4.74 Å². The zero-order chi connectivity index (χ0) is 15.4. The Kier molecular flexibility index (Phi) is 4.05. The zero-order valence-corrected chi connectivity index (χ0v) is 12.4. The van der Waals surface area contributed by atoms with E-state index in [-0.39, 0.29) is 0 Å².